The summed E-state index contributed by atoms with van der Waals surface area (Å²) in [5.41, 5.74) is 1.22. The van der Waals surface area contributed by atoms with Gasteiger partial charge in [0.05, 0.1) is 33.2 Å². The molecule has 0 aromatic heterocycles. The van der Waals surface area contributed by atoms with Crippen molar-refractivity contribution in [3.63, 3.8) is 0 Å². The first kappa shape index (κ1) is 18.6. The van der Waals surface area contributed by atoms with Crippen LogP contribution in [0.2, 0.25) is 0 Å². The lowest BCUT2D eigenvalue weighted by atomic mass is 9.96. The van der Waals surface area contributed by atoms with E-state index in [1.165, 1.54) is 10.5 Å². The number of amides is 1. The van der Waals surface area contributed by atoms with Gasteiger partial charge in [0.1, 0.15) is 6.54 Å². The number of nitrogens with one attached hydrogen (secondary N) is 1. The summed E-state index contributed by atoms with van der Waals surface area (Å²) in [6, 6.07) is 6.09. The Morgan fingerprint density at radius 1 is 1.21 bits per heavy atom. The number of piperidine rings is 1. The Morgan fingerprint density at radius 2 is 1.92 bits per heavy atom. The van der Waals surface area contributed by atoms with Crippen LogP contribution in [0.3, 0.4) is 0 Å². The van der Waals surface area contributed by atoms with Gasteiger partial charge in [-0.2, -0.15) is 0 Å². The number of carbonyl (C=O) groups excluding carboxylic acids is 1. The molecular weight excluding hydrogens is 304 g/mol. The molecule has 2 rings (SSSR count). The van der Waals surface area contributed by atoms with E-state index in [0.29, 0.717) is 5.91 Å². The molecule has 1 amide bonds. The smallest absolute Gasteiger partial charge is 0.231 e. The molecular formula is C19H31N2O3+. The Labute approximate surface area is 145 Å². The van der Waals surface area contributed by atoms with E-state index < -0.39 is 0 Å². The van der Waals surface area contributed by atoms with Gasteiger partial charge in [0.15, 0.2) is 11.5 Å². The zero-order valence-corrected chi connectivity index (χ0v) is 15.4. The molecule has 1 unspecified atom stereocenters. The number of hydrogen-bond donors (Lipinski definition) is 1. The number of benzene rings is 1. The van der Waals surface area contributed by atoms with Crippen LogP contribution in [-0.2, 0) is 11.3 Å². The Morgan fingerprint density at radius 3 is 2.54 bits per heavy atom. The summed E-state index contributed by atoms with van der Waals surface area (Å²) in [6.07, 6.45) is 2.13. The molecule has 0 radical (unpaired) electrons. The molecule has 0 spiro atoms. The van der Waals surface area contributed by atoms with Crippen molar-refractivity contribution in [1.82, 2.24) is 4.90 Å². The summed E-state index contributed by atoms with van der Waals surface area (Å²) in [5.74, 6) is 2.00. The molecule has 1 aromatic carbocycles. The molecule has 1 aromatic rings. The van der Waals surface area contributed by atoms with Crippen molar-refractivity contribution in [2.24, 2.45) is 5.92 Å². The van der Waals surface area contributed by atoms with E-state index in [0.717, 1.165) is 57.1 Å². The molecule has 0 saturated carbocycles. The van der Waals surface area contributed by atoms with E-state index in [2.05, 4.69) is 19.9 Å². The second-order valence-electron chi connectivity index (χ2n) is 6.42. The molecule has 1 N–H and O–H groups in total. The zero-order valence-electron chi connectivity index (χ0n) is 15.4. The summed E-state index contributed by atoms with van der Waals surface area (Å²) >= 11 is 0. The molecule has 1 aliphatic rings. The second kappa shape index (κ2) is 8.92. The molecule has 0 aliphatic carbocycles. The van der Waals surface area contributed by atoms with Gasteiger partial charge >= 0.3 is 0 Å². The van der Waals surface area contributed by atoms with Crippen LogP contribution >= 0.6 is 0 Å². The average Bonchev–Trinajstić information content (AvgIpc) is 2.62. The topological polar surface area (TPSA) is 43.2 Å². The predicted molar refractivity (Wildman–Crippen MR) is 94.6 cm³/mol. The summed E-state index contributed by atoms with van der Waals surface area (Å²) in [7, 11) is 3.31. The lowest BCUT2D eigenvalue weighted by Gasteiger charge is -2.32. The second-order valence-corrected chi connectivity index (χ2v) is 6.42. The number of carbonyl (C=O) groups is 1. The van der Waals surface area contributed by atoms with Gasteiger partial charge in [0.25, 0.3) is 0 Å². The number of nitrogens with zero attached hydrogens (tertiary/aromatic N) is 1. The lowest BCUT2D eigenvalue weighted by molar-refractivity contribution is -0.921. The van der Waals surface area contributed by atoms with Gasteiger partial charge in [-0.05, 0) is 44.9 Å². The van der Waals surface area contributed by atoms with Crippen LogP contribution in [0, 0.1) is 5.92 Å². The molecule has 0 bridgehead atoms. The highest BCUT2D eigenvalue weighted by Crippen LogP contribution is 2.27. The third-order valence-corrected chi connectivity index (χ3v) is 4.94. The van der Waals surface area contributed by atoms with Crippen LogP contribution in [0.15, 0.2) is 18.2 Å². The molecule has 2 atom stereocenters. The normalized spacial score (nSPS) is 20.5. The van der Waals surface area contributed by atoms with Crippen molar-refractivity contribution in [3.05, 3.63) is 23.8 Å². The minimum atomic E-state index is 0.161. The Bertz CT molecular complexity index is 543. The van der Waals surface area contributed by atoms with Crippen molar-refractivity contribution in [1.29, 1.82) is 0 Å². The zero-order chi connectivity index (χ0) is 17.5. The van der Waals surface area contributed by atoms with E-state index in [4.69, 9.17) is 9.47 Å². The van der Waals surface area contributed by atoms with Crippen LogP contribution in [0.5, 0.6) is 11.5 Å². The largest absolute Gasteiger partial charge is 0.493 e. The summed E-state index contributed by atoms with van der Waals surface area (Å²) in [5, 5.41) is 0. The summed E-state index contributed by atoms with van der Waals surface area (Å²) in [6.45, 7) is 8.67. The maximum Gasteiger partial charge on any atom is 0.231 e. The standard InChI is InChI=1S/C19H30N2O3/c1-5-21(6-2)19(22)16-8-7-11-20(14-16)13-15-9-10-17(23-3)18(12-15)24-4/h9-10,12,16H,5-8,11,13-14H2,1-4H3/p+1/t16-/m0/s1. The van der Waals surface area contributed by atoms with E-state index in [-0.39, 0.29) is 5.92 Å². The van der Waals surface area contributed by atoms with E-state index in [9.17, 15) is 4.79 Å². The SMILES string of the molecule is CCN(CC)C(=O)[C@H]1CCC[NH+](Cc2ccc(OC)c(OC)c2)C1. The molecule has 1 heterocycles. The van der Waals surface area contributed by atoms with E-state index >= 15 is 0 Å². The van der Waals surface area contributed by atoms with Crippen LogP contribution < -0.4 is 14.4 Å². The van der Waals surface area contributed by atoms with Crippen molar-refractivity contribution in [3.8, 4) is 11.5 Å². The van der Waals surface area contributed by atoms with Gasteiger partial charge in [0, 0.05) is 18.7 Å². The summed E-state index contributed by atoms with van der Waals surface area (Å²) in [4.78, 5) is 16.1. The Balaban J connectivity index is 2.01. The first-order valence-corrected chi connectivity index (χ1v) is 8.96. The van der Waals surface area contributed by atoms with Gasteiger partial charge in [-0.15, -0.1) is 0 Å². The van der Waals surface area contributed by atoms with E-state index in [1.807, 2.05) is 17.0 Å². The van der Waals surface area contributed by atoms with Crippen molar-refractivity contribution >= 4 is 5.91 Å². The van der Waals surface area contributed by atoms with Crippen LogP contribution in [0.25, 0.3) is 0 Å². The molecule has 5 heteroatoms. The Hall–Kier alpha value is -1.75. The Kier molecular flexibility index (Phi) is 6.91. The highest BCUT2D eigenvalue weighted by molar-refractivity contribution is 5.78. The fourth-order valence-electron chi connectivity index (χ4n) is 3.60. The number of quaternary nitrogens is 1. The van der Waals surface area contributed by atoms with Gasteiger partial charge in [-0.3, -0.25) is 4.79 Å². The maximum atomic E-state index is 12.6. The third kappa shape index (κ3) is 4.41. The van der Waals surface area contributed by atoms with Crippen LogP contribution in [0.1, 0.15) is 32.3 Å². The molecule has 134 valence electrons. The third-order valence-electron chi connectivity index (χ3n) is 4.94. The highest BCUT2D eigenvalue weighted by Gasteiger charge is 2.30. The first-order chi connectivity index (χ1) is 11.6. The molecule has 1 aliphatic heterocycles. The lowest BCUT2D eigenvalue weighted by Crippen LogP contribution is -3.12. The highest BCUT2D eigenvalue weighted by atomic mass is 16.5. The fraction of sp³-hybridized carbons (Fsp3) is 0.632. The summed E-state index contributed by atoms with van der Waals surface area (Å²) < 4.78 is 10.7. The van der Waals surface area contributed by atoms with Crippen LogP contribution in [-0.4, -0.2) is 51.2 Å². The molecule has 1 saturated heterocycles. The van der Waals surface area contributed by atoms with Crippen molar-refractivity contribution < 1.29 is 19.2 Å². The van der Waals surface area contributed by atoms with Crippen molar-refractivity contribution in [2.45, 2.75) is 33.2 Å². The molecule has 24 heavy (non-hydrogen) atoms. The number of ether oxygens (including phenoxy) is 2. The van der Waals surface area contributed by atoms with Gasteiger partial charge in [0.2, 0.25) is 5.91 Å². The average molecular weight is 335 g/mol. The fourth-order valence-corrected chi connectivity index (χ4v) is 3.60. The predicted octanol–water partition coefficient (Wildman–Crippen LogP) is 1.37. The maximum absolute atomic E-state index is 12.6. The van der Waals surface area contributed by atoms with Crippen molar-refractivity contribution in [2.75, 3.05) is 40.4 Å². The monoisotopic (exact) mass is 335 g/mol. The van der Waals surface area contributed by atoms with Gasteiger partial charge in [-0.1, -0.05) is 0 Å². The minimum Gasteiger partial charge on any atom is -0.493 e. The number of methoxy groups -OCH3 is 2. The number of hydrogen-bond acceptors (Lipinski definition) is 3. The first-order valence-electron chi connectivity index (χ1n) is 8.96. The number of rotatable bonds is 7. The van der Waals surface area contributed by atoms with E-state index in [1.54, 1.807) is 14.2 Å². The minimum absolute atomic E-state index is 0.161. The number of likely N-dealkylation sites (tertiary alicyclic amines) is 1. The molecule has 1 fully saturated rings. The molecule has 5 nitrogen and oxygen atoms in total. The quantitative estimate of drug-likeness (QED) is 0.818. The van der Waals surface area contributed by atoms with Gasteiger partial charge in [-0.25, -0.2) is 0 Å². The van der Waals surface area contributed by atoms with Gasteiger partial charge < -0.3 is 19.3 Å². The van der Waals surface area contributed by atoms with Crippen LogP contribution in [0.4, 0.5) is 0 Å².